The normalized spacial score (nSPS) is 16.1. The number of morpholine rings is 1. The summed E-state index contributed by atoms with van der Waals surface area (Å²) in [5, 5.41) is 9.99. The van der Waals surface area contributed by atoms with Crippen molar-refractivity contribution in [1.29, 1.82) is 0 Å². The minimum Gasteiger partial charge on any atom is -0.460 e. The molecule has 1 fully saturated rings. The molecule has 0 spiro atoms. The van der Waals surface area contributed by atoms with Crippen molar-refractivity contribution < 1.29 is 14.6 Å². The molecule has 1 saturated heterocycles. The van der Waals surface area contributed by atoms with Crippen LogP contribution in [0.4, 0.5) is 11.6 Å². The van der Waals surface area contributed by atoms with E-state index in [0.29, 0.717) is 19.0 Å². The van der Waals surface area contributed by atoms with Crippen molar-refractivity contribution in [1.82, 2.24) is 15.4 Å². The third-order valence-corrected chi connectivity index (χ3v) is 4.99. The van der Waals surface area contributed by atoms with Gasteiger partial charge in [-0.2, -0.15) is 9.97 Å². The lowest BCUT2D eigenvalue weighted by Crippen LogP contribution is -2.37. The monoisotopic (exact) mass is 411 g/mol. The maximum Gasteiger partial charge on any atom is 0.320 e. The summed E-state index contributed by atoms with van der Waals surface area (Å²) < 4.78 is 11.1. The SMILES string of the molecule is Cc1ccc2c(c1)C(NNc1cc(N3CCOCC3)nc(OCC(C)(C)O)n1)=CC2. The topological polar surface area (TPSA) is 91.8 Å². The van der Waals surface area contributed by atoms with E-state index in [9.17, 15) is 5.11 Å². The number of hydrogen-bond donors (Lipinski definition) is 3. The van der Waals surface area contributed by atoms with Crippen LogP contribution in [0.25, 0.3) is 5.70 Å². The molecule has 30 heavy (non-hydrogen) atoms. The number of nitrogens with one attached hydrogen (secondary N) is 2. The summed E-state index contributed by atoms with van der Waals surface area (Å²) in [4.78, 5) is 11.1. The van der Waals surface area contributed by atoms with Gasteiger partial charge in [0.15, 0.2) is 5.82 Å². The smallest absolute Gasteiger partial charge is 0.320 e. The Hall–Kier alpha value is -2.84. The largest absolute Gasteiger partial charge is 0.460 e. The number of hydrogen-bond acceptors (Lipinski definition) is 8. The molecule has 2 heterocycles. The highest BCUT2D eigenvalue weighted by Crippen LogP contribution is 2.27. The van der Waals surface area contributed by atoms with Crippen molar-refractivity contribution in [2.75, 3.05) is 43.2 Å². The fourth-order valence-corrected chi connectivity index (χ4v) is 3.43. The Morgan fingerprint density at radius 1 is 1.17 bits per heavy atom. The van der Waals surface area contributed by atoms with Crippen LogP contribution in [0.5, 0.6) is 6.01 Å². The van der Waals surface area contributed by atoms with Gasteiger partial charge >= 0.3 is 6.01 Å². The van der Waals surface area contributed by atoms with Crippen molar-refractivity contribution in [3.8, 4) is 6.01 Å². The molecule has 1 aliphatic heterocycles. The van der Waals surface area contributed by atoms with Crippen LogP contribution < -0.4 is 20.5 Å². The molecule has 0 amide bonds. The number of benzene rings is 1. The van der Waals surface area contributed by atoms with Crippen LogP contribution in [0, 0.1) is 6.92 Å². The zero-order chi connectivity index (χ0) is 21.1. The van der Waals surface area contributed by atoms with Crippen LogP contribution in [0.15, 0.2) is 30.3 Å². The van der Waals surface area contributed by atoms with E-state index in [1.54, 1.807) is 13.8 Å². The van der Waals surface area contributed by atoms with E-state index in [2.05, 4.69) is 56.9 Å². The Balaban J connectivity index is 1.52. The predicted molar refractivity (Wildman–Crippen MR) is 116 cm³/mol. The average Bonchev–Trinajstić information content (AvgIpc) is 3.13. The third-order valence-electron chi connectivity index (χ3n) is 4.99. The second-order valence-electron chi connectivity index (χ2n) is 8.33. The zero-order valence-electron chi connectivity index (χ0n) is 17.7. The fraction of sp³-hybridized carbons (Fsp3) is 0.455. The van der Waals surface area contributed by atoms with Crippen molar-refractivity contribution in [2.24, 2.45) is 0 Å². The molecule has 8 heteroatoms. The van der Waals surface area contributed by atoms with Crippen LogP contribution in [0.2, 0.25) is 0 Å². The Morgan fingerprint density at radius 2 is 1.97 bits per heavy atom. The van der Waals surface area contributed by atoms with Crippen molar-refractivity contribution >= 4 is 17.3 Å². The van der Waals surface area contributed by atoms with E-state index in [0.717, 1.165) is 31.0 Å². The minimum atomic E-state index is -0.972. The van der Waals surface area contributed by atoms with Gasteiger partial charge < -0.3 is 19.5 Å². The number of nitrogens with zero attached hydrogens (tertiary/aromatic N) is 3. The molecule has 3 N–H and O–H groups in total. The molecule has 2 aliphatic rings. The predicted octanol–water partition coefficient (Wildman–Crippen LogP) is 2.29. The van der Waals surface area contributed by atoms with Gasteiger partial charge in [-0.15, -0.1) is 0 Å². The second kappa shape index (κ2) is 8.49. The summed E-state index contributed by atoms with van der Waals surface area (Å²) in [5.41, 5.74) is 10.3. The molecular formula is C22H29N5O3. The number of allylic oxidation sites excluding steroid dienone is 1. The molecule has 1 aromatic heterocycles. The number of aromatic nitrogens is 2. The number of aliphatic hydroxyl groups is 1. The molecule has 1 aliphatic carbocycles. The molecular weight excluding hydrogens is 382 g/mol. The first-order chi connectivity index (χ1) is 14.4. The first-order valence-corrected chi connectivity index (χ1v) is 10.3. The van der Waals surface area contributed by atoms with Crippen LogP contribution in [-0.4, -0.2) is 53.6 Å². The molecule has 2 aromatic rings. The molecule has 4 rings (SSSR count). The Kier molecular flexibility index (Phi) is 5.78. The zero-order valence-corrected chi connectivity index (χ0v) is 17.7. The van der Waals surface area contributed by atoms with Gasteiger partial charge in [-0.3, -0.25) is 10.9 Å². The standard InChI is InChI=1S/C22H29N5O3/c1-15-4-5-16-6-7-18(17(16)12-15)25-26-19-13-20(27-8-10-29-11-9-27)24-21(23-19)30-14-22(2,3)28/h4-5,7,12-13,25,28H,6,8-11,14H2,1-3H3,(H,23,24,26). The van der Waals surface area contributed by atoms with Gasteiger partial charge in [0.1, 0.15) is 12.4 Å². The summed E-state index contributed by atoms with van der Waals surface area (Å²) in [5.74, 6) is 1.36. The number of ether oxygens (including phenoxy) is 2. The molecule has 1 aromatic carbocycles. The number of fused-ring (bicyclic) bond motifs is 1. The van der Waals surface area contributed by atoms with Crippen LogP contribution in [0.1, 0.15) is 30.5 Å². The quantitative estimate of drug-likeness (QED) is 0.598. The van der Waals surface area contributed by atoms with Crippen molar-refractivity contribution in [3.63, 3.8) is 0 Å². The number of aryl methyl sites for hydroxylation is 1. The minimum absolute atomic E-state index is 0.101. The van der Waals surface area contributed by atoms with E-state index in [-0.39, 0.29) is 12.6 Å². The van der Waals surface area contributed by atoms with E-state index < -0.39 is 5.60 Å². The molecule has 8 nitrogen and oxygen atoms in total. The highest BCUT2D eigenvalue weighted by molar-refractivity contribution is 5.73. The van der Waals surface area contributed by atoms with Gasteiger partial charge in [-0.05, 0) is 38.8 Å². The molecule has 0 radical (unpaired) electrons. The Morgan fingerprint density at radius 3 is 2.73 bits per heavy atom. The maximum atomic E-state index is 9.99. The molecule has 0 unspecified atom stereocenters. The second-order valence-corrected chi connectivity index (χ2v) is 8.33. The van der Waals surface area contributed by atoms with Gasteiger partial charge in [0.25, 0.3) is 0 Å². The number of rotatable bonds is 7. The first kappa shape index (κ1) is 20.4. The van der Waals surface area contributed by atoms with Crippen LogP contribution >= 0.6 is 0 Å². The highest BCUT2D eigenvalue weighted by atomic mass is 16.5. The summed E-state index contributed by atoms with van der Waals surface area (Å²) in [6.07, 6.45) is 3.06. The fourth-order valence-electron chi connectivity index (χ4n) is 3.43. The Labute approximate surface area is 176 Å². The summed E-state index contributed by atoms with van der Waals surface area (Å²) in [6, 6.07) is 8.59. The average molecular weight is 412 g/mol. The molecule has 0 saturated carbocycles. The lowest BCUT2D eigenvalue weighted by molar-refractivity contribution is 0.0250. The molecule has 0 bridgehead atoms. The van der Waals surface area contributed by atoms with Crippen LogP contribution in [-0.2, 0) is 11.2 Å². The summed E-state index contributed by atoms with van der Waals surface area (Å²) >= 11 is 0. The van der Waals surface area contributed by atoms with E-state index in [1.807, 2.05) is 6.07 Å². The first-order valence-electron chi connectivity index (χ1n) is 10.3. The van der Waals surface area contributed by atoms with E-state index in [4.69, 9.17) is 9.47 Å². The van der Waals surface area contributed by atoms with Gasteiger partial charge in [0, 0.05) is 24.7 Å². The maximum absolute atomic E-state index is 9.99. The molecule has 160 valence electrons. The third kappa shape index (κ3) is 5.01. The van der Waals surface area contributed by atoms with Gasteiger partial charge in [-0.1, -0.05) is 23.8 Å². The van der Waals surface area contributed by atoms with Gasteiger partial charge in [0.05, 0.1) is 24.5 Å². The summed E-state index contributed by atoms with van der Waals surface area (Å²) in [6.45, 7) is 8.40. The number of anilines is 2. The highest BCUT2D eigenvalue weighted by Gasteiger charge is 2.19. The van der Waals surface area contributed by atoms with Gasteiger partial charge in [0.2, 0.25) is 0 Å². The van der Waals surface area contributed by atoms with Crippen molar-refractivity contribution in [2.45, 2.75) is 32.8 Å². The number of hydrazine groups is 1. The lowest BCUT2D eigenvalue weighted by Gasteiger charge is -2.28. The summed E-state index contributed by atoms with van der Waals surface area (Å²) in [7, 11) is 0. The van der Waals surface area contributed by atoms with E-state index >= 15 is 0 Å². The Bertz CT molecular complexity index is 933. The lowest BCUT2D eigenvalue weighted by atomic mass is 10.1. The van der Waals surface area contributed by atoms with Crippen molar-refractivity contribution in [3.05, 3.63) is 47.0 Å². The molecule has 0 atom stereocenters. The van der Waals surface area contributed by atoms with Crippen LogP contribution in [0.3, 0.4) is 0 Å². The van der Waals surface area contributed by atoms with E-state index in [1.165, 1.54) is 16.7 Å². The van der Waals surface area contributed by atoms with Gasteiger partial charge in [-0.25, -0.2) is 0 Å².